The molecule has 1 rings (SSSR count). The molecule has 0 aromatic heterocycles. The molecular formula is C13H23NO2. The van der Waals surface area contributed by atoms with Gasteiger partial charge in [-0.1, -0.05) is 6.08 Å². The van der Waals surface area contributed by atoms with E-state index in [-0.39, 0.29) is 0 Å². The molecule has 0 N–H and O–H groups in total. The molecule has 0 aromatic rings. The predicted octanol–water partition coefficient (Wildman–Crippen LogP) is 2.37. The minimum absolute atomic E-state index is 0.295. The minimum Gasteiger partial charge on any atom is -0.383 e. The Kier molecular flexibility index (Phi) is 6.16. The number of methoxy groups -OCH3 is 1. The monoisotopic (exact) mass is 225 g/mol. The molecule has 16 heavy (non-hydrogen) atoms. The van der Waals surface area contributed by atoms with Crippen molar-refractivity contribution in [1.82, 2.24) is 4.90 Å². The van der Waals surface area contributed by atoms with Crippen molar-refractivity contribution in [2.75, 3.05) is 20.3 Å². The number of amides is 1. The van der Waals surface area contributed by atoms with Gasteiger partial charge in [-0.15, -0.1) is 6.58 Å². The van der Waals surface area contributed by atoms with E-state index < -0.39 is 0 Å². The highest BCUT2D eigenvalue weighted by atomic mass is 16.5. The van der Waals surface area contributed by atoms with Crippen LogP contribution in [0.2, 0.25) is 0 Å². The molecule has 1 aliphatic rings. The first kappa shape index (κ1) is 13.2. The highest BCUT2D eigenvalue weighted by molar-refractivity contribution is 5.76. The Morgan fingerprint density at radius 1 is 1.56 bits per heavy atom. The van der Waals surface area contributed by atoms with Crippen LogP contribution < -0.4 is 0 Å². The number of carbonyl (C=O) groups excluding carboxylic acids is 1. The standard InChI is InChI=1S/C13H23NO2/c1-3-4-5-6-9-13(15)14-10-7-8-12(14)11-16-2/h3,12H,1,4-11H2,2H3/t12-/m0/s1. The highest BCUT2D eigenvalue weighted by Crippen LogP contribution is 2.19. The van der Waals surface area contributed by atoms with Crippen molar-refractivity contribution in [2.24, 2.45) is 0 Å². The number of nitrogens with zero attached hydrogens (tertiary/aromatic N) is 1. The third kappa shape index (κ3) is 3.97. The van der Waals surface area contributed by atoms with Gasteiger partial charge in [0.1, 0.15) is 0 Å². The van der Waals surface area contributed by atoms with Crippen LogP contribution in [0.25, 0.3) is 0 Å². The Hall–Kier alpha value is -0.830. The first-order valence-corrected chi connectivity index (χ1v) is 6.19. The van der Waals surface area contributed by atoms with Crippen LogP contribution in [0.15, 0.2) is 12.7 Å². The van der Waals surface area contributed by atoms with E-state index in [9.17, 15) is 4.79 Å². The Labute approximate surface area is 98.5 Å². The van der Waals surface area contributed by atoms with E-state index in [0.29, 0.717) is 25.0 Å². The molecule has 1 heterocycles. The Balaban J connectivity index is 2.26. The van der Waals surface area contributed by atoms with Gasteiger partial charge in [0, 0.05) is 20.1 Å². The number of allylic oxidation sites excluding steroid dienone is 1. The molecule has 1 atom stereocenters. The zero-order valence-electron chi connectivity index (χ0n) is 10.3. The van der Waals surface area contributed by atoms with Crippen molar-refractivity contribution >= 4 is 5.91 Å². The summed E-state index contributed by atoms with van der Waals surface area (Å²) in [6.45, 7) is 5.27. The maximum atomic E-state index is 11.9. The highest BCUT2D eigenvalue weighted by Gasteiger charge is 2.27. The van der Waals surface area contributed by atoms with Crippen LogP contribution in [0.3, 0.4) is 0 Å². The molecule has 0 bridgehead atoms. The van der Waals surface area contributed by atoms with Crippen LogP contribution in [0, 0.1) is 0 Å². The topological polar surface area (TPSA) is 29.5 Å². The molecule has 1 fully saturated rings. The van der Waals surface area contributed by atoms with Gasteiger partial charge in [0.15, 0.2) is 0 Å². The number of hydrogen-bond donors (Lipinski definition) is 0. The minimum atomic E-state index is 0.295. The van der Waals surface area contributed by atoms with Crippen molar-refractivity contribution < 1.29 is 9.53 Å². The van der Waals surface area contributed by atoms with Crippen LogP contribution in [0.4, 0.5) is 0 Å². The molecular weight excluding hydrogens is 202 g/mol. The third-order valence-corrected chi connectivity index (χ3v) is 3.11. The zero-order chi connectivity index (χ0) is 11.8. The van der Waals surface area contributed by atoms with Crippen molar-refractivity contribution in [2.45, 2.75) is 44.6 Å². The van der Waals surface area contributed by atoms with E-state index >= 15 is 0 Å². The summed E-state index contributed by atoms with van der Waals surface area (Å²) in [5.74, 6) is 0.295. The summed E-state index contributed by atoms with van der Waals surface area (Å²) in [4.78, 5) is 13.9. The van der Waals surface area contributed by atoms with Gasteiger partial charge >= 0.3 is 0 Å². The normalized spacial score (nSPS) is 20.1. The summed E-state index contributed by atoms with van der Waals surface area (Å²) in [6.07, 6.45) is 7.84. The lowest BCUT2D eigenvalue weighted by Crippen LogP contribution is -2.37. The maximum absolute atomic E-state index is 11.9. The first-order chi connectivity index (χ1) is 7.79. The zero-order valence-corrected chi connectivity index (χ0v) is 10.3. The summed E-state index contributed by atoms with van der Waals surface area (Å²) in [5.41, 5.74) is 0. The lowest BCUT2D eigenvalue weighted by atomic mass is 10.1. The SMILES string of the molecule is C=CCCCCC(=O)N1CCC[C@H]1COC. The van der Waals surface area contributed by atoms with Gasteiger partial charge in [-0.2, -0.15) is 0 Å². The Morgan fingerprint density at radius 2 is 2.38 bits per heavy atom. The Morgan fingerprint density at radius 3 is 3.06 bits per heavy atom. The Bertz CT molecular complexity index is 228. The van der Waals surface area contributed by atoms with Crippen molar-refractivity contribution in [1.29, 1.82) is 0 Å². The van der Waals surface area contributed by atoms with E-state index in [2.05, 4.69) is 6.58 Å². The fourth-order valence-corrected chi connectivity index (χ4v) is 2.24. The summed E-state index contributed by atoms with van der Waals surface area (Å²) < 4.78 is 5.14. The van der Waals surface area contributed by atoms with Gasteiger partial charge in [-0.05, 0) is 32.1 Å². The molecule has 1 aliphatic heterocycles. The van der Waals surface area contributed by atoms with E-state index in [1.165, 1.54) is 0 Å². The summed E-state index contributed by atoms with van der Waals surface area (Å²) in [7, 11) is 1.70. The summed E-state index contributed by atoms with van der Waals surface area (Å²) in [6, 6.07) is 0.317. The summed E-state index contributed by atoms with van der Waals surface area (Å²) >= 11 is 0. The smallest absolute Gasteiger partial charge is 0.222 e. The van der Waals surface area contributed by atoms with Gasteiger partial charge in [-0.3, -0.25) is 4.79 Å². The van der Waals surface area contributed by atoms with E-state index in [1.807, 2.05) is 11.0 Å². The average Bonchev–Trinajstić information content (AvgIpc) is 2.73. The molecule has 0 aromatic carbocycles. The largest absolute Gasteiger partial charge is 0.383 e. The fourth-order valence-electron chi connectivity index (χ4n) is 2.24. The molecule has 1 amide bonds. The van der Waals surface area contributed by atoms with Crippen molar-refractivity contribution in [3.63, 3.8) is 0 Å². The second-order valence-corrected chi connectivity index (χ2v) is 4.37. The quantitative estimate of drug-likeness (QED) is 0.492. The number of rotatable bonds is 7. The van der Waals surface area contributed by atoms with Gasteiger partial charge in [-0.25, -0.2) is 0 Å². The van der Waals surface area contributed by atoms with E-state index in [1.54, 1.807) is 7.11 Å². The van der Waals surface area contributed by atoms with Crippen LogP contribution in [0.1, 0.15) is 38.5 Å². The van der Waals surface area contributed by atoms with Gasteiger partial charge in [0.2, 0.25) is 5.91 Å². The second kappa shape index (κ2) is 7.44. The van der Waals surface area contributed by atoms with Crippen LogP contribution in [0.5, 0.6) is 0 Å². The van der Waals surface area contributed by atoms with E-state index in [4.69, 9.17) is 4.74 Å². The lowest BCUT2D eigenvalue weighted by Gasteiger charge is -2.24. The number of hydrogen-bond acceptors (Lipinski definition) is 2. The van der Waals surface area contributed by atoms with Crippen LogP contribution in [-0.4, -0.2) is 37.1 Å². The van der Waals surface area contributed by atoms with Gasteiger partial charge in [0.25, 0.3) is 0 Å². The van der Waals surface area contributed by atoms with Crippen molar-refractivity contribution in [3.8, 4) is 0 Å². The molecule has 3 nitrogen and oxygen atoms in total. The van der Waals surface area contributed by atoms with E-state index in [0.717, 1.165) is 38.6 Å². The van der Waals surface area contributed by atoms with Gasteiger partial charge < -0.3 is 9.64 Å². The number of likely N-dealkylation sites (tertiary alicyclic amines) is 1. The average molecular weight is 225 g/mol. The van der Waals surface area contributed by atoms with Crippen LogP contribution >= 0.6 is 0 Å². The number of carbonyl (C=O) groups is 1. The van der Waals surface area contributed by atoms with Gasteiger partial charge in [0.05, 0.1) is 12.6 Å². The molecule has 0 spiro atoms. The molecule has 0 saturated carbocycles. The number of ether oxygens (including phenoxy) is 1. The lowest BCUT2D eigenvalue weighted by molar-refractivity contribution is -0.133. The molecule has 92 valence electrons. The fraction of sp³-hybridized carbons (Fsp3) is 0.769. The van der Waals surface area contributed by atoms with Crippen LogP contribution in [-0.2, 0) is 9.53 Å². The first-order valence-electron chi connectivity index (χ1n) is 6.19. The third-order valence-electron chi connectivity index (χ3n) is 3.11. The predicted molar refractivity (Wildman–Crippen MR) is 65.3 cm³/mol. The van der Waals surface area contributed by atoms with Crippen molar-refractivity contribution in [3.05, 3.63) is 12.7 Å². The maximum Gasteiger partial charge on any atom is 0.222 e. The number of unbranched alkanes of at least 4 members (excludes halogenated alkanes) is 2. The molecule has 1 saturated heterocycles. The summed E-state index contributed by atoms with van der Waals surface area (Å²) in [5, 5.41) is 0. The second-order valence-electron chi connectivity index (χ2n) is 4.37. The molecule has 0 unspecified atom stereocenters. The molecule has 0 aliphatic carbocycles. The molecule has 3 heteroatoms. The molecule has 0 radical (unpaired) electrons.